The van der Waals surface area contributed by atoms with E-state index in [0.29, 0.717) is 0 Å². The molecule has 1 aliphatic rings. The van der Waals surface area contributed by atoms with Gasteiger partial charge in [-0.1, -0.05) is 0 Å². The fraction of sp³-hybridized carbons (Fsp3) is 1.00. The van der Waals surface area contributed by atoms with Crippen molar-refractivity contribution in [1.29, 1.82) is 0 Å². The summed E-state index contributed by atoms with van der Waals surface area (Å²) in [5, 5.41) is 3.16. The fourth-order valence-corrected chi connectivity index (χ4v) is 0.516. The number of ether oxygens (including phenoxy) is 1. The molecule has 7 heavy (non-hydrogen) atoms. The second-order valence-electron chi connectivity index (χ2n) is 1.36. The first kappa shape index (κ1) is 7.92. The molecular weight excluding hydrogens is 101 g/mol. The SMILES string of the molecule is C1COCCN1.[NaH]. The average Bonchev–Trinajstić information content (AvgIpc) is 1.72. The van der Waals surface area contributed by atoms with Gasteiger partial charge in [-0.25, -0.2) is 0 Å². The molecule has 3 heteroatoms. The van der Waals surface area contributed by atoms with E-state index in [1.165, 1.54) is 0 Å². The molecule has 0 radical (unpaired) electrons. The van der Waals surface area contributed by atoms with Crippen molar-refractivity contribution < 1.29 is 4.74 Å². The van der Waals surface area contributed by atoms with E-state index in [1.807, 2.05) is 0 Å². The van der Waals surface area contributed by atoms with Crippen molar-refractivity contribution >= 4 is 29.6 Å². The van der Waals surface area contributed by atoms with Gasteiger partial charge >= 0.3 is 29.6 Å². The van der Waals surface area contributed by atoms with Gasteiger partial charge in [-0.15, -0.1) is 0 Å². The molecule has 0 aromatic heterocycles. The van der Waals surface area contributed by atoms with Gasteiger partial charge in [0.05, 0.1) is 13.2 Å². The molecule has 1 N–H and O–H groups in total. The first-order valence-corrected chi connectivity index (χ1v) is 2.28. The molecule has 0 saturated carbocycles. The Labute approximate surface area is 65.9 Å². The molecule has 1 aliphatic heterocycles. The van der Waals surface area contributed by atoms with Crippen LogP contribution in [0.3, 0.4) is 0 Å². The predicted octanol–water partition coefficient (Wildman–Crippen LogP) is -1.04. The van der Waals surface area contributed by atoms with E-state index in [9.17, 15) is 0 Å². The number of nitrogens with one attached hydrogen (secondary N) is 1. The van der Waals surface area contributed by atoms with E-state index in [4.69, 9.17) is 4.74 Å². The van der Waals surface area contributed by atoms with Gasteiger partial charge in [-0.3, -0.25) is 0 Å². The van der Waals surface area contributed by atoms with Gasteiger partial charge < -0.3 is 10.1 Å². The zero-order chi connectivity index (χ0) is 4.24. The monoisotopic (exact) mass is 111 g/mol. The summed E-state index contributed by atoms with van der Waals surface area (Å²) in [7, 11) is 0. The van der Waals surface area contributed by atoms with Crippen LogP contribution in [-0.2, 0) is 4.74 Å². The molecule has 2 nitrogen and oxygen atoms in total. The van der Waals surface area contributed by atoms with Crippen LogP contribution >= 0.6 is 0 Å². The third-order valence-electron chi connectivity index (χ3n) is 0.846. The van der Waals surface area contributed by atoms with Crippen LogP contribution in [0.1, 0.15) is 0 Å². The molecule has 1 rings (SSSR count). The Morgan fingerprint density at radius 3 is 1.86 bits per heavy atom. The van der Waals surface area contributed by atoms with Gasteiger partial charge in [-0.2, -0.15) is 0 Å². The molecule has 0 aromatic carbocycles. The first-order valence-electron chi connectivity index (χ1n) is 2.28. The van der Waals surface area contributed by atoms with E-state index in [2.05, 4.69) is 5.32 Å². The summed E-state index contributed by atoms with van der Waals surface area (Å²) in [6.45, 7) is 3.83. The van der Waals surface area contributed by atoms with Gasteiger partial charge in [0.25, 0.3) is 0 Å². The summed E-state index contributed by atoms with van der Waals surface area (Å²) in [5.74, 6) is 0. The summed E-state index contributed by atoms with van der Waals surface area (Å²) in [4.78, 5) is 0. The maximum absolute atomic E-state index is 5.01. The van der Waals surface area contributed by atoms with Gasteiger partial charge in [-0.05, 0) is 0 Å². The number of morpholine rings is 1. The summed E-state index contributed by atoms with van der Waals surface area (Å²) < 4.78 is 5.01. The van der Waals surface area contributed by atoms with Crippen molar-refractivity contribution in [2.24, 2.45) is 0 Å². The van der Waals surface area contributed by atoms with Gasteiger partial charge in [0.1, 0.15) is 0 Å². The molecule has 0 bridgehead atoms. The van der Waals surface area contributed by atoms with Gasteiger partial charge in [0.2, 0.25) is 0 Å². The quantitative estimate of drug-likeness (QED) is 0.403. The summed E-state index contributed by atoms with van der Waals surface area (Å²) >= 11 is 0. The standard InChI is InChI=1S/C4H9NO.Na.H/c1-3-6-4-2-5-1;;/h5H,1-4H2;;. The van der Waals surface area contributed by atoms with E-state index < -0.39 is 0 Å². The van der Waals surface area contributed by atoms with Gasteiger partial charge in [0.15, 0.2) is 0 Å². The topological polar surface area (TPSA) is 21.3 Å². The Balaban J connectivity index is 0.000000360. The van der Waals surface area contributed by atoms with Crippen molar-refractivity contribution in [3.63, 3.8) is 0 Å². The van der Waals surface area contributed by atoms with E-state index in [0.717, 1.165) is 26.3 Å². The molecule has 1 saturated heterocycles. The molecule has 0 spiro atoms. The van der Waals surface area contributed by atoms with Crippen LogP contribution in [-0.4, -0.2) is 55.9 Å². The normalized spacial score (nSPS) is 20.6. The Bertz CT molecular complexity index is 27.2. The second-order valence-corrected chi connectivity index (χ2v) is 1.36. The Morgan fingerprint density at radius 1 is 1.14 bits per heavy atom. The Morgan fingerprint density at radius 2 is 1.71 bits per heavy atom. The molecule has 0 unspecified atom stereocenters. The number of hydrogen-bond donors (Lipinski definition) is 1. The minimum atomic E-state index is 0. The molecule has 0 atom stereocenters. The zero-order valence-corrected chi connectivity index (χ0v) is 3.74. The summed E-state index contributed by atoms with van der Waals surface area (Å²) in [5.41, 5.74) is 0. The van der Waals surface area contributed by atoms with Gasteiger partial charge in [0, 0.05) is 13.1 Å². The predicted molar refractivity (Wildman–Crippen MR) is 30.8 cm³/mol. The third kappa shape index (κ3) is 3.50. The van der Waals surface area contributed by atoms with Crippen LogP contribution in [0.15, 0.2) is 0 Å². The average molecular weight is 111 g/mol. The molecule has 0 amide bonds. The zero-order valence-electron chi connectivity index (χ0n) is 3.74. The fourth-order valence-electron chi connectivity index (χ4n) is 0.516. The third-order valence-corrected chi connectivity index (χ3v) is 0.846. The molecule has 0 aliphatic carbocycles. The molecular formula is C4H10NNaO. The molecule has 0 aromatic rings. The molecule has 1 fully saturated rings. The van der Waals surface area contributed by atoms with Crippen LogP contribution in [0.5, 0.6) is 0 Å². The molecule has 38 valence electrons. The number of rotatable bonds is 0. The second kappa shape index (κ2) is 5.06. The minimum absolute atomic E-state index is 0. The van der Waals surface area contributed by atoms with E-state index >= 15 is 0 Å². The van der Waals surface area contributed by atoms with Crippen LogP contribution < -0.4 is 5.32 Å². The van der Waals surface area contributed by atoms with Crippen molar-refractivity contribution in [2.45, 2.75) is 0 Å². The summed E-state index contributed by atoms with van der Waals surface area (Å²) in [6.07, 6.45) is 0. The van der Waals surface area contributed by atoms with Crippen LogP contribution in [0.2, 0.25) is 0 Å². The van der Waals surface area contributed by atoms with Crippen LogP contribution in [0.25, 0.3) is 0 Å². The van der Waals surface area contributed by atoms with Crippen LogP contribution in [0, 0.1) is 0 Å². The Kier molecular flexibility index (Phi) is 5.73. The first-order chi connectivity index (χ1) is 3.00. The maximum atomic E-state index is 5.01. The van der Waals surface area contributed by atoms with Crippen molar-refractivity contribution in [1.82, 2.24) is 5.32 Å². The van der Waals surface area contributed by atoms with Crippen molar-refractivity contribution in [3.05, 3.63) is 0 Å². The van der Waals surface area contributed by atoms with E-state index in [-0.39, 0.29) is 29.6 Å². The van der Waals surface area contributed by atoms with Crippen molar-refractivity contribution in [2.75, 3.05) is 26.3 Å². The van der Waals surface area contributed by atoms with E-state index in [1.54, 1.807) is 0 Å². The van der Waals surface area contributed by atoms with Crippen molar-refractivity contribution in [3.8, 4) is 0 Å². The van der Waals surface area contributed by atoms with Crippen LogP contribution in [0.4, 0.5) is 0 Å². The Hall–Kier alpha value is 0.920. The summed E-state index contributed by atoms with van der Waals surface area (Å²) in [6, 6.07) is 0. The number of hydrogen-bond acceptors (Lipinski definition) is 2. The molecule has 1 heterocycles.